The molecule has 24 heavy (non-hydrogen) atoms. The van der Waals surface area contributed by atoms with Gasteiger partial charge in [0.1, 0.15) is 5.82 Å². The van der Waals surface area contributed by atoms with Gasteiger partial charge >= 0.3 is 0 Å². The number of carbonyl (C=O) groups is 1. The summed E-state index contributed by atoms with van der Waals surface area (Å²) >= 11 is 0. The Labute approximate surface area is 143 Å². The van der Waals surface area contributed by atoms with Crippen molar-refractivity contribution >= 4 is 15.9 Å². The van der Waals surface area contributed by atoms with Crippen molar-refractivity contribution in [2.45, 2.75) is 38.5 Å². The third-order valence-corrected chi connectivity index (χ3v) is 6.32. The summed E-state index contributed by atoms with van der Waals surface area (Å²) in [6.45, 7) is 6.88. The van der Waals surface area contributed by atoms with Crippen molar-refractivity contribution in [1.29, 1.82) is 0 Å². The molecule has 1 saturated heterocycles. The molecule has 0 aliphatic carbocycles. The van der Waals surface area contributed by atoms with E-state index in [-0.39, 0.29) is 16.7 Å². The van der Waals surface area contributed by atoms with Crippen molar-refractivity contribution in [2.24, 2.45) is 11.8 Å². The summed E-state index contributed by atoms with van der Waals surface area (Å²) in [5.41, 5.74) is 0.395. The minimum atomic E-state index is -3.65. The topological polar surface area (TPSA) is 66.5 Å². The summed E-state index contributed by atoms with van der Waals surface area (Å²) in [5, 5.41) is 2.90. The van der Waals surface area contributed by atoms with Crippen molar-refractivity contribution in [2.75, 3.05) is 19.6 Å². The van der Waals surface area contributed by atoms with E-state index in [1.54, 1.807) is 6.92 Å². The van der Waals surface area contributed by atoms with Gasteiger partial charge in [-0.1, -0.05) is 13.8 Å². The van der Waals surface area contributed by atoms with Crippen molar-refractivity contribution in [3.05, 3.63) is 29.6 Å². The van der Waals surface area contributed by atoms with Crippen LogP contribution >= 0.6 is 0 Å². The molecule has 0 unspecified atom stereocenters. The van der Waals surface area contributed by atoms with Gasteiger partial charge in [-0.2, -0.15) is 4.31 Å². The average molecular weight is 356 g/mol. The maximum absolute atomic E-state index is 13.2. The van der Waals surface area contributed by atoms with Crippen molar-refractivity contribution in [3.8, 4) is 0 Å². The molecule has 0 radical (unpaired) electrons. The standard InChI is InChI=1S/C17H25FN2O3S/c1-12(2)11-19-17(21)14-6-8-20(9-7-14)24(22,23)16-5-4-15(18)10-13(16)3/h4-5,10,12,14H,6-9,11H2,1-3H3,(H,19,21). The van der Waals surface area contributed by atoms with Crippen molar-refractivity contribution in [3.63, 3.8) is 0 Å². The van der Waals surface area contributed by atoms with Crippen LogP contribution in [0.15, 0.2) is 23.1 Å². The number of rotatable bonds is 5. The van der Waals surface area contributed by atoms with Crippen LogP contribution in [0.4, 0.5) is 4.39 Å². The SMILES string of the molecule is Cc1cc(F)ccc1S(=O)(=O)N1CCC(C(=O)NCC(C)C)CC1. The molecule has 1 N–H and O–H groups in total. The van der Waals surface area contributed by atoms with Gasteiger partial charge in [-0.3, -0.25) is 4.79 Å². The minimum Gasteiger partial charge on any atom is -0.356 e. The van der Waals surface area contributed by atoms with E-state index < -0.39 is 15.8 Å². The molecule has 1 heterocycles. The second-order valence-corrected chi connectivity index (χ2v) is 8.63. The predicted octanol–water partition coefficient (Wildman–Crippen LogP) is 2.31. The first-order valence-electron chi connectivity index (χ1n) is 8.26. The molecule has 5 nitrogen and oxygen atoms in total. The van der Waals surface area contributed by atoms with Crippen LogP contribution in [0.5, 0.6) is 0 Å². The smallest absolute Gasteiger partial charge is 0.243 e. The van der Waals surface area contributed by atoms with E-state index in [9.17, 15) is 17.6 Å². The number of hydrogen-bond acceptors (Lipinski definition) is 3. The second kappa shape index (κ2) is 7.61. The van der Waals surface area contributed by atoms with Crippen LogP contribution in [0.2, 0.25) is 0 Å². The van der Waals surface area contributed by atoms with Gasteiger partial charge in [0.2, 0.25) is 15.9 Å². The van der Waals surface area contributed by atoms with E-state index in [4.69, 9.17) is 0 Å². The van der Waals surface area contributed by atoms with Gasteiger partial charge in [0.15, 0.2) is 0 Å². The number of carbonyl (C=O) groups excluding carboxylic acids is 1. The van der Waals surface area contributed by atoms with Crippen LogP contribution in [-0.4, -0.2) is 38.3 Å². The molecule has 1 amide bonds. The van der Waals surface area contributed by atoms with Gasteiger partial charge in [0, 0.05) is 25.6 Å². The molecule has 1 fully saturated rings. The fraction of sp³-hybridized carbons (Fsp3) is 0.588. The van der Waals surface area contributed by atoms with Crippen LogP contribution in [0.25, 0.3) is 0 Å². The predicted molar refractivity (Wildman–Crippen MR) is 90.5 cm³/mol. The van der Waals surface area contributed by atoms with E-state index in [0.29, 0.717) is 44.0 Å². The highest BCUT2D eigenvalue weighted by Crippen LogP contribution is 2.26. The Hall–Kier alpha value is -1.47. The van der Waals surface area contributed by atoms with Crippen LogP contribution in [0, 0.1) is 24.6 Å². The molecule has 1 aromatic carbocycles. The van der Waals surface area contributed by atoms with Gasteiger partial charge < -0.3 is 5.32 Å². The molecule has 0 atom stereocenters. The van der Waals surface area contributed by atoms with Crippen molar-refractivity contribution < 1.29 is 17.6 Å². The molecule has 1 aliphatic rings. The molecule has 0 spiro atoms. The molecule has 134 valence electrons. The van der Waals surface area contributed by atoms with E-state index in [1.807, 2.05) is 13.8 Å². The maximum atomic E-state index is 13.2. The molecule has 2 rings (SSSR count). The number of amides is 1. The number of piperidine rings is 1. The Kier molecular flexibility index (Phi) is 5.98. The Morgan fingerprint density at radius 3 is 2.50 bits per heavy atom. The number of aryl methyl sites for hydroxylation is 1. The van der Waals surface area contributed by atoms with Gasteiger partial charge in [-0.05, 0) is 49.4 Å². The van der Waals surface area contributed by atoms with E-state index in [2.05, 4.69) is 5.32 Å². The zero-order chi connectivity index (χ0) is 17.9. The number of halogens is 1. The zero-order valence-electron chi connectivity index (χ0n) is 14.4. The summed E-state index contributed by atoms with van der Waals surface area (Å²) in [6, 6.07) is 3.69. The summed E-state index contributed by atoms with van der Waals surface area (Å²) in [6.07, 6.45) is 1.01. The average Bonchev–Trinajstić information content (AvgIpc) is 2.52. The molecule has 7 heteroatoms. The Bertz CT molecular complexity index is 696. The molecular formula is C17H25FN2O3S. The monoisotopic (exact) mass is 356 g/mol. The molecule has 1 aromatic rings. The molecule has 0 bridgehead atoms. The first-order chi connectivity index (χ1) is 11.2. The number of benzene rings is 1. The van der Waals surface area contributed by atoms with E-state index in [1.165, 1.54) is 16.4 Å². The largest absolute Gasteiger partial charge is 0.356 e. The Morgan fingerprint density at radius 2 is 1.96 bits per heavy atom. The third-order valence-electron chi connectivity index (χ3n) is 4.26. The maximum Gasteiger partial charge on any atom is 0.243 e. The fourth-order valence-corrected chi connectivity index (χ4v) is 4.52. The van der Waals surface area contributed by atoms with Gasteiger partial charge in [-0.15, -0.1) is 0 Å². The Morgan fingerprint density at radius 1 is 1.33 bits per heavy atom. The molecular weight excluding hydrogens is 331 g/mol. The molecule has 1 aliphatic heterocycles. The third kappa shape index (κ3) is 4.33. The number of sulfonamides is 1. The van der Waals surface area contributed by atoms with Gasteiger partial charge in [0.25, 0.3) is 0 Å². The van der Waals surface area contributed by atoms with E-state index in [0.717, 1.165) is 6.07 Å². The van der Waals surface area contributed by atoms with Crippen LogP contribution < -0.4 is 5.32 Å². The number of hydrogen-bond donors (Lipinski definition) is 1. The summed E-state index contributed by atoms with van der Waals surface area (Å²) in [4.78, 5) is 12.2. The summed E-state index contributed by atoms with van der Waals surface area (Å²) < 4.78 is 40.0. The quantitative estimate of drug-likeness (QED) is 0.880. The summed E-state index contributed by atoms with van der Waals surface area (Å²) in [5.74, 6) is -0.217. The van der Waals surface area contributed by atoms with Crippen LogP contribution in [0.3, 0.4) is 0 Å². The number of nitrogens with zero attached hydrogens (tertiary/aromatic N) is 1. The second-order valence-electron chi connectivity index (χ2n) is 6.73. The van der Waals surface area contributed by atoms with E-state index >= 15 is 0 Å². The van der Waals surface area contributed by atoms with Gasteiger partial charge in [0.05, 0.1) is 4.90 Å². The molecule has 0 aromatic heterocycles. The zero-order valence-corrected chi connectivity index (χ0v) is 15.2. The van der Waals surface area contributed by atoms with Crippen molar-refractivity contribution in [1.82, 2.24) is 9.62 Å². The lowest BCUT2D eigenvalue weighted by atomic mass is 9.97. The minimum absolute atomic E-state index is 0.00119. The summed E-state index contributed by atoms with van der Waals surface area (Å²) in [7, 11) is -3.65. The van der Waals surface area contributed by atoms with Gasteiger partial charge in [-0.25, -0.2) is 12.8 Å². The first kappa shape index (κ1) is 18.9. The Balaban J connectivity index is 2.02. The highest BCUT2D eigenvalue weighted by molar-refractivity contribution is 7.89. The van der Waals surface area contributed by atoms with Crippen LogP contribution in [-0.2, 0) is 14.8 Å². The van der Waals surface area contributed by atoms with Crippen LogP contribution in [0.1, 0.15) is 32.3 Å². The highest BCUT2D eigenvalue weighted by atomic mass is 32.2. The lowest BCUT2D eigenvalue weighted by molar-refractivity contribution is -0.126. The first-order valence-corrected chi connectivity index (χ1v) is 9.70. The fourth-order valence-electron chi connectivity index (χ4n) is 2.85. The highest BCUT2D eigenvalue weighted by Gasteiger charge is 2.32. The lowest BCUT2D eigenvalue weighted by Crippen LogP contribution is -2.43. The molecule has 0 saturated carbocycles. The normalized spacial score (nSPS) is 17.2. The lowest BCUT2D eigenvalue weighted by Gasteiger charge is -2.31. The number of nitrogens with one attached hydrogen (secondary N) is 1.